The predicted molar refractivity (Wildman–Crippen MR) is 59.7 cm³/mol. The van der Waals surface area contributed by atoms with Gasteiger partial charge in [-0.1, -0.05) is 18.2 Å². The highest BCUT2D eigenvalue weighted by atomic mass is 32.2. The Balaban J connectivity index is 2.47. The first kappa shape index (κ1) is 11.1. The summed E-state index contributed by atoms with van der Waals surface area (Å²) in [5.74, 6) is -0.0475. The van der Waals surface area contributed by atoms with Gasteiger partial charge in [-0.2, -0.15) is 0 Å². The molecule has 0 unspecified atom stereocenters. The smallest absolute Gasteiger partial charge is 0.217 e. The summed E-state index contributed by atoms with van der Waals surface area (Å²) in [5.41, 5.74) is 0.698. The lowest BCUT2D eigenvalue weighted by Crippen LogP contribution is -2.32. The van der Waals surface area contributed by atoms with E-state index in [0.29, 0.717) is 16.9 Å². The molecule has 1 aliphatic rings. The topological polar surface area (TPSA) is 63.2 Å². The van der Waals surface area contributed by atoms with E-state index >= 15 is 0 Å². The average molecular weight is 239 g/mol. The molecule has 0 fully saturated rings. The Bertz CT molecular complexity index is 522. The molecule has 1 heterocycles. The lowest BCUT2D eigenvalue weighted by Gasteiger charge is -2.25. The van der Waals surface area contributed by atoms with Crippen LogP contribution in [0.4, 0.5) is 0 Å². The zero-order valence-corrected chi connectivity index (χ0v) is 9.75. The average Bonchev–Trinajstić information content (AvgIpc) is 2.23. The maximum atomic E-state index is 11.8. The molecule has 1 N–H and O–H groups in total. The Morgan fingerprint density at radius 1 is 1.38 bits per heavy atom. The first-order valence-electron chi connectivity index (χ1n) is 5.09. The van der Waals surface area contributed by atoms with Gasteiger partial charge in [0.05, 0.1) is 16.7 Å². The van der Waals surface area contributed by atoms with Crippen LogP contribution in [0.25, 0.3) is 0 Å². The van der Waals surface area contributed by atoms with Gasteiger partial charge in [-0.3, -0.25) is 4.79 Å². The summed E-state index contributed by atoms with van der Waals surface area (Å²) in [6.45, 7) is 1.44. The molecule has 1 aliphatic heterocycles. The van der Waals surface area contributed by atoms with Crippen LogP contribution in [0.5, 0.6) is 0 Å². The van der Waals surface area contributed by atoms with E-state index < -0.39 is 9.84 Å². The molecule has 16 heavy (non-hydrogen) atoms. The Hall–Kier alpha value is -1.36. The number of fused-ring (bicyclic) bond motifs is 1. The summed E-state index contributed by atoms with van der Waals surface area (Å²) in [7, 11) is -3.16. The van der Waals surface area contributed by atoms with Gasteiger partial charge < -0.3 is 5.32 Å². The van der Waals surface area contributed by atoms with Crippen molar-refractivity contribution in [3.63, 3.8) is 0 Å². The number of sulfone groups is 1. The van der Waals surface area contributed by atoms with Crippen LogP contribution >= 0.6 is 0 Å². The molecule has 86 valence electrons. The van der Waals surface area contributed by atoms with Gasteiger partial charge >= 0.3 is 0 Å². The molecular formula is C11H13NO3S. The summed E-state index contributed by atoms with van der Waals surface area (Å²) in [5, 5.41) is 2.77. The van der Waals surface area contributed by atoms with Crippen molar-refractivity contribution in [2.75, 3.05) is 5.75 Å². The Labute approximate surface area is 94.6 Å². The molecule has 0 aliphatic carbocycles. The molecule has 0 saturated heterocycles. The molecule has 0 spiro atoms. The van der Waals surface area contributed by atoms with Crippen molar-refractivity contribution >= 4 is 15.7 Å². The second-order valence-corrected chi connectivity index (χ2v) is 5.98. The maximum absolute atomic E-state index is 11.8. The second kappa shape index (κ2) is 3.90. The number of hydrogen-bond acceptors (Lipinski definition) is 3. The van der Waals surface area contributed by atoms with Crippen LogP contribution in [-0.4, -0.2) is 20.1 Å². The van der Waals surface area contributed by atoms with Crippen LogP contribution in [0, 0.1) is 0 Å². The monoisotopic (exact) mass is 239 g/mol. The van der Waals surface area contributed by atoms with Crippen molar-refractivity contribution in [2.45, 2.75) is 24.3 Å². The molecule has 0 radical (unpaired) electrons. The highest BCUT2D eigenvalue weighted by Crippen LogP contribution is 2.31. The van der Waals surface area contributed by atoms with Gasteiger partial charge in [-0.15, -0.1) is 0 Å². The van der Waals surface area contributed by atoms with E-state index in [2.05, 4.69) is 5.32 Å². The fraction of sp³-hybridized carbons (Fsp3) is 0.364. The first-order valence-corrected chi connectivity index (χ1v) is 6.75. The summed E-state index contributed by atoms with van der Waals surface area (Å²) in [4.78, 5) is 11.4. The molecule has 2 rings (SSSR count). The van der Waals surface area contributed by atoms with Crippen molar-refractivity contribution < 1.29 is 13.2 Å². The minimum atomic E-state index is -3.16. The van der Waals surface area contributed by atoms with Gasteiger partial charge in [-0.25, -0.2) is 8.42 Å². The Morgan fingerprint density at radius 3 is 2.75 bits per heavy atom. The van der Waals surface area contributed by atoms with Gasteiger partial charge in [0.1, 0.15) is 0 Å². The Kier molecular flexibility index (Phi) is 2.71. The maximum Gasteiger partial charge on any atom is 0.217 e. The third-order valence-electron chi connectivity index (χ3n) is 2.68. The molecule has 4 nitrogen and oxygen atoms in total. The number of carbonyl (C=O) groups is 1. The van der Waals surface area contributed by atoms with Crippen LogP contribution in [-0.2, 0) is 14.6 Å². The number of amides is 1. The van der Waals surface area contributed by atoms with E-state index in [4.69, 9.17) is 0 Å². The number of carbonyl (C=O) groups excluding carboxylic acids is 1. The van der Waals surface area contributed by atoms with Crippen LogP contribution in [0.2, 0.25) is 0 Å². The molecule has 1 atom stereocenters. The lowest BCUT2D eigenvalue weighted by atomic mass is 10.0. The highest BCUT2D eigenvalue weighted by Gasteiger charge is 2.29. The SMILES string of the molecule is CC(=O)N[C@H]1CCS(=O)(=O)c2ccccc21. The molecule has 0 bridgehead atoms. The number of hydrogen-bond donors (Lipinski definition) is 1. The van der Waals surface area contributed by atoms with E-state index in [1.165, 1.54) is 6.92 Å². The lowest BCUT2D eigenvalue weighted by molar-refractivity contribution is -0.119. The van der Waals surface area contributed by atoms with Gasteiger partial charge in [-0.05, 0) is 18.1 Å². The summed E-state index contributed by atoms with van der Waals surface area (Å²) in [6, 6.07) is 6.66. The quantitative estimate of drug-likeness (QED) is 0.796. The molecule has 0 saturated carbocycles. The summed E-state index contributed by atoms with van der Waals surface area (Å²) >= 11 is 0. The molecule has 1 amide bonds. The van der Waals surface area contributed by atoms with Crippen LogP contribution in [0.15, 0.2) is 29.2 Å². The van der Waals surface area contributed by atoms with Gasteiger partial charge in [0.25, 0.3) is 0 Å². The third-order valence-corrected chi connectivity index (χ3v) is 4.50. The largest absolute Gasteiger partial charge is 0.349 e. The minimum Gasteiger partial charge on any atom is -0.349 e. The zero-order valence-electron chi connectivity index (χ0n) is 8.93. The Morgan fingerprint density at radius 2 is 2.06 bits per heavy atom. The van der Waals surface area contributed by atoms with Gasteiger partial charge in [0.15, 0.2) is 9.84 Å². The van der Waals surface area contributed by atoms with Crippen LogP contribution in [0.1, 0.15) is 24.9 Å². The fourth-order valence-electron chi connectivity index (χ4n) is 1.99. The van der Waals surface area contributed by atoms with E-state index in [-0.39, 0.29) is 17.7 Å². The molecule has 1 aromatic carbocycles. The normalized spacial score (nSPS) is 22.2. The summed E-state index contributed by atoms with van der Waals surface area (Å²) < 4.78 is 23.6. The van der Waals surface area contributed by atoms with Gasteiger partial charge in [0, 0.05) is 6.92 Å². The van der Waals surface area contributed by atoms with Crippen molar-refractivity contribution in [1.82, 2.24) is 5.32 Å². The number of nitrogens with one attached hydrogen (secondary N) is 1. The van der Waals surface area contributed by atoms with Crippen LogP contribution in [0.3, 0.4) is 0 Å². The molecule has 5 heteroatoms. The standard InChI is InChI=1S/C11H13NO3S/c1-8(13)12-10-6-7-16(14,15)11-5-3-2-4-9(10)11/h2-5,10H,6-7H2,1H3,(H,12,13)/t10-/m0/s1. The van der Waals surface area contributed by atoms with E-state index in [1.54, 1.807) is 24.3 Å². The fourth-order valence-corrected chi connectivity index (χ4v) is 3.61. The van der Waals surface area contributed by atoms with Crippen molar-refractivity contribution in [1.29, 1.82) is 0 Å². The van der Waals surface area contributed by atoms with E-state index in [9.17, 15) is 13.2 Å². The zero-order chi connectivity index (χ0) is 11.8. The van der Waals surface area contributed by atoms with Crippen molar-refractivity contribution in [2.24, 2.45) is 0 Å². The second-order valence-electron chi connectivity index (χ2n) is 3.90. The highest BCUT2D eigenvalue weighted by molar-refractivity contribution is 7.91. The molecule has 0 aromatic heterocycles. The van der Waals surface area contributed by atoms with Crippen molar-refractivity contribution in [3.05, 3.63) is 29.8 Å². The first-order chi connectivity index (χ1) is 7.50. The van der Waals surface area contributed by atoms with E-state index in [0.717, 1.165) is 0 Å². The van der Waals surface area contributed by atoms with E-state index in [1.807, 2.05) is 0 Å². The summed E-state index contributed by atoms with van der Waals surface area (Å²) in [6.07, 6.45) is 0.443. The molecule has 1 aromatic rings. The van der Waals surface area contributed by atoms with Crippen molar-refractivity contribution in [3.8, 4) is 0 Å². The predicted octanol–water partition coefficient (Wildman–Crippen LogP) is 1.04. The third kappa shape index (κ3) is 1.95. The minimum absolute atomic E-state index is 0.0922. The van der Waals surface area contributed by atoms with Gasteiger partial charge in [0.2, 0.25) is 5.91 Å². The van der Waals surface area contributed by atoms with Crippen LogP contribution < -0.4 is 5.32 Å². The number of rotatable bonds is 1. The molecular weight excluding hydrogens is 226 g/mol. The number of benzene rings is 1.